The van der Waals surface area contributed by atoms with Gasteiger partial charge < -0.3 is 5.73 Å². The van der Waals surface area contributed by atoms with Gasteiger partial charge in [-0.1, -0.05) is 11.6 Å². The first-order valence-corrected chi connectivity index (χ1v) is 9.92. The van der Waals surface area contributed by atoms with Crippen molar-refractivity contribution in [3.05, 3.63) is 35.0 Å². The van der Waals surface area contributed by atoms with Crippen LogP contribution < -0.4 is 5.73 Å². The predicted octanol–water partition coefficient (Wildman–Crippen LogP) is 4.99. The molecule has 0 atom stereocenters. The zero-order valence-corrected chi connectivity index (χ0v) is 17.0. The molecule has 0 saturated carbocycles. The van der Waals surface area contributed by atoms with E-state index in [-0.39, 0.29) is 18.6 Å². The smallest absolute Gasteiger partial charge is 0.165 e. The van der Waals surface area contributed by atoms with Crippen LogP contribution in [0, 0.1) is 0 Å². The summed E-state index contributed by atoms with van der Waals surface area (Å²) in [7, 11) is 0. The van der Waals surface area contributed by atoms with Crippen LogP contribution in [0.4, 0.5) is 14.5 Å². The van der Waals surface area contributed by atoms with Gasteiger partial charge in [0, 0.05) is 43.2 Å². The normalized spacial score (nSPS) is 17.8. The second kappa shape index (κ2) is 7.91. The average molecular weight is 410 g/mol. The largest absolute Gasteiger partial charge is 0.397 e. The number of piperidine rings is 1. The fourth-order valence-electron chi connectivity index (χ4n) is 3.82. The van der Waals surface area contributed by atoms with Gasteiger partial charge in [0.05, 0.1) is 16.2 Å². The van der Waals surface area contributed by atoms with Crippen LogP contribution in [-0.4, -0.2) is 46.6 Å². The molecule has 1 aromatic heterocycles. The summed E-state index contributed by atoms with van der Waals surface area (Å²) in [6.45, 7) is 4.34. The standard InChI is InChI=1S/C21H26ClF2N3O/c1-20(2,23)13-27-10-7-21(24,8-11-27)6-5-17(28)15-12-16(22)18(25)14-4-3-9-26-19(14)15/h3-4,9,12H,5-8,10-11,13,25H2,1-2H3. The number of nitrogens with zero attached hydrogens (tertiary/aromatic N) is 2. The Hall–Kier alpha value is -1.79. The molecule has 0 aliphatic carbocycles. The first-order chi connectivity index (χ1) is 13.1. The van der Waals surface area contributed by atoms with E-state index in [0.717, 1.165) is 0 Å². The molecule has 1 aromatic carbocycles. The van der Waals surface area contributed by atoms with E-state index < -0.39 is 11.3 Å². The van der Waals surface area contributed by atoms with Crippen molar-refractivity contribution >= 4 is 34.0 Å². The summed E-state index contributed by atoms with van der Waals surface area (Å²) in [6, 6.07) is 5.01. The average Bonchev–Trinajstić information content (AvgIpc) is 2.64. The van der Waals surface area contributed by atoms with E-state index in [1.807, 2.05) is 4.90 Å². The Morgan fingerprint density at radius 3 is 2.71 bits per heavy atom. The molecule has 152 valence electrons. The third-order valence-corrected chi connectivity index (χ3v) is 5.65. The summed E-state index contributed by atoms with van der Waals surface area (Å²) in [5, 5.41) is 0.913. The molecule has 2 heterocycles. The number of likely N-dealkylation sites (tertiary alicyclic amines) is 1. The minimum Gasteiger partial charge on any atom is -0.397 e. The van der Waals surface area contributed by atoms with Crippen LogP contribution in [0.2, 0.25) is 5.02 Å². The van der Waals surface area contributed by atoms with Gasteiger partial charge in [0.15, 0.2) is 5.78 Å². The number of benzene rings is 1. The molecule has 0 bridgehead atoms. The van der Waals surface area contributed by atoms with Crippen LogP contribution in [0.25, 0.3) is 10.9 Å². The highest BCUT2D eigenvalue weighted by Gasteiger charge is 2.36. The molecule has 1 saturated heterocycles. The Morgan fingerprint density at radius 1 is 1.39 bits per heavy atom. The molecule has 3 rings (SSSR count). The second-order valence-electron chi connectivity index (χ2n) is 8.29. The van der Waals surface area contributed by atoms with E-state index >= 15 is 4.39 Å². The molecular weight excluding hydrogens is 384 g/mol. The predicted molar refractivity (Wildman–Crippen MR) is 109 cm³/mol. The first kappa shape index (κ1) is 20.9. The van der Waals surface area contributed by atoms with Gasteiger partial charge in [-0.2, -0.15) is 0 Å². The Morgan fingerprint density at radius 2 is 2.07 bits per heavy atom. The van der Waals surface area contributed by atoms with Crippen LogP contribution in [0.1, 0.15) is 49.9 Å². The van der Waals surface area contributed by atoms with E-state index in [1.54, 1.807) is 18.3 Å². The zero-order chi connectivity index (χ0) is 20.5. The SMILES string of the molecule is CC(C)(F)CN1CCC(F)(CCC(=O)c2cc(Cl)c(N)c3cccnc23)CC1. The highest BCUT2D eigenvalue weighted by atomic mass is 35.5. The molecule has 0 spiro atoms. The maximum Gasteiger partial charge on any atom is 0.165 e. The Labute approximate surface area is 169 Å². The highest BCUT2D eigenvalue weighted by molar-refractivity contribution is 6.35. The monoisotopic (exact) mass is 409 g/mol. The molecule has 0 amide bonds. The van der Waals surface area contributed by atoms with E-state index in [9.17, 15) is 9.18 Å². The number of ketones is 1. The van der Waals surface area contributed by atoms with Gasteiger partial charge in [0.2, 0.25) is 0 Å². The molecule has 2 N–H and O–H groups in total. The summed E-state index contributed by atoms with van der Waals surface area (Å²) >= 11 is 6.17. The fourth-order valence-corrected chi connectivity index (χ4v) is 4.03. The fraction of sp³-hybridized carbons (Fsp3) is 0.524. The number of pyridine rings is 1. The van der Waals surface area contributed by atoms with Crippen LogP contribution in [0.3, 0.4) is 0 Å². The lowest BCUT2D eigenvalue weighted by Crippen LogP contribution is -2.46. The number of hydrogen-bond acceptors (Lipinski definition) is 4. The number of aromatic nitrogens is 1. The van der Waals surface area contributed by atoms with E-state index in [1.165, 1.54) is 19.9 Å². The third kappa shape index (κ3) is 4.78. The van der Waals surface area contributed by atoms with Crippen molar-refractivity contribution in [3.63, 3.8) is 0 Å². The van der Waals surface area contributed by atoms with Crippen molar-refractivity contribution in [1.29, 1.82) is 0 Å². The molecule has 1 fully saturated rings. The maximum absolute atomic E-state index is 15.2. The summed E-state index contributed by atoms with van der Waals surface area (Å²) in [5.41, 5.74) is 4.51. The number of halogens is 3. The molecule has 28 heavy (non-hydrogen) atoms. The maximum atomic E-state index is 15.2. The van der Waals surface area contributed by atoms with Crippen molar-refractivity contribution in [2.75, 3.05) is 25.4 Å². The number of rotatable bonds is 6. The molecule has 7 heteroatoms. The van der Waals surface area contributed by atoms with Crippen LogP contribution in [0.5, 0.6) is 0 Å². The van der Waals surface area contributed by atoms with Crippen LogP contribution in [-0.2, 0) is 0 Å². The van der Waals surface area contributed by atoms with Gasteiger partial charge in [-0.25, -0.2) is 8.78 Å². The topological polar surface area (TPSA) is 59.2 Å². The zero-order valence-electron chi connectivity index (χ0n) is 16.3. The van der Waals surface area contributed by atoms with Crippen LogP contribution in [0.15, 0.2) is 24.4 Å². The van der Waals surface area contributed by atoms with Crippen LogP contribution >= 0.6 is 11.6 Å². The van der Waals surface area contributed by atoms with Crippen molar-refractivity contribution in [3.8, 4) is 0 Å². The van der Waals surface area contributed by atoms with Crippen molar-refractivity contribution < 1.29 is 13.6 Å². The molecular formula is C21H26ClF2N3O. The summed E-state index contributed by atoms with van der Waals surface area (Å²) in [4.78, 5) is 19.0. The Balaban J connectivity index is 1.67. The number of anilines is 1. The van der Waals surface area contributed by atoms with Crippen molar-refractivity contribution in [1.82, 2.24) is 9.88 Å². The van der Waals surface area contributed by atoms with E-state index in [4.69, 9.17) is 17.3 Å². The molecule has 4 nitrogen and oxygen atoms in total. The van der Waals surface area contributed by atoms with Crippen molar-refractivity contribution in [2.24, 2.45) is 0 Å². The molecule has 1 aliphatic rings. The third-order valence-electron chi connectivity index (χ3n) is 5.33. The number of nitrogen functional groups attached to an aromatic ring is 1. The highest BCUT2D eigenvalue weighted by Crippen LogP contribution is 2.35. The molecule has 0 unspecified atom stereocenters. The van der Waals surface area contributed by atoms with E-state index in [2.05, 4.69) is 4.98 Å². The van der Waals surface area contributed by atoms with Gasteiger partial charge >= 0.3 is 0 Å². The molecule has 1 aliphatic heterocycles. The number of carbonyl (C=O) groups is 1. The lowest BCUT2D eigenvalue weighted by Gasteiger charge is -2.38. The number of hydrogen-bond donors (Lipinski definition) is 1. The summed E-state index contributed by atoms with van der Waals surface area (Å²) in [6.07, 6.45) is 2.40. The number of alkyl halides is 2. The minimum absolute atomic E-state index is 0.0665. The van der Waals surface area contributed by atoms with Gasteiger partial charge in [-0.15, -0.1) is 0 Å². The summed E-state index contributed by atoms with van der Waals surface area (Å²) in [5.74, 6) is -0.199. The first-order valence-electron chi connectivity index (χ1n) is 9.54. The van der Waals surface area contributed by atoms with Gasteiger partial charge in [0.25, 0.3) is 0 Å². The van der Waals surface area contributed by atoms with Gasteiger partial charge in [0.1, 0.15) is 11.3 Å². The molecule has 0 radical (unpaired) electrons. The second-order valence-corrected chi connectivity index (χ2v) is 8.70. The van der Waals surface area contributed by atoms with E-state index in [0.29, 0.717) is 59.7 Å². The lowest BCUT2D eigenvalue weighted by molar-refractivity contribution is 0.0263. The summed E-state index contributed by atoms with van der Waals surface area (Å²) < 4.78 is 29.0. The Bertz CT molecular complexity index is 874. The number of carbonyl (C=O) groups excluding carboxylic acids is 1. The number of fused-ring (bicyclic) bond motifs is 1. The Kier molecular flexibility index (Phi) is 5.92. The minimum atomic E-state index is -1.41. The lowest BCUT2D eigenvalue weighted by atomic mass is 9.86. The van der Waals surface area contributed by atoms with Gasteiger partial charge in [-0.3, -0.25) is 14.7 Å². The number of nitrogens with two attached hydrogens (primary N) is 1. The molecule has 2 aromatic rings. The van der Waals surface area contributed by atoms with Crippen molar-refractivity contribution in [2.45, 2.75) is 50.9 Å². The van der Waals surface area contributed by atoms with Gasteiger partial charge in [-0.05, 0) is 51.3 Å². The quantitative estimate of drug-likeness (QED) is 0.539. The number of Topliss-reactive ketones (excluding diaryl/α,β-unsaturated/α-hetero) is 1.